The average Bonchev–Trinajstić information content (AvgIpc) is 2.56. The second-order valence-corrected chi connectivity index (χ2v) is 10.2. The Morgan fingerprint density at radius 3 is 1.47 bits per heavy atom. The molecule has 0 bridgehead atoms. The number of sulfone groups is 2. The molecule has 0 amide bonds. The van der Waals surface area contributed by atoms with Crippen LogP contribution in [0.4, 0.5) is 0 Å². The number of rotatable bonds is 2. The minimum Gasteiger partial charge on any atom is -0.229 e. The monoisotopic (exact) mass is 270 g/mol. The minimum atomic E-state index is -2.84. The zero-order valence-corrected chi connectivity index (χ0v) is 10.7. The van der Waals surface area contributed by atoms with Crippen molar-refractivity contribution in [2.24, 2.45) is 0 Å². The molecule has 0 saturated carbocycles. The first-order valence-corrected chi connectivity index (χ1v) is 9.51. The summed E-state index contributed by atoms with van der Waals surface area (Å²) < 4.78 is 44.8. The maximum absolute atomic E-state index is 11.2. The molecule has 2 aliphatic rings. The number of hydrogen-bond donors (Lipinski definition) is 0. The van der Waals surface area contributed by atoms with E-state index in [4.69, 9.17) is 0 Å². The van der Waals surface area contributed by atoms with Crippen LogP contribution in [-0.2, 0) is 19.7 Å². The summed E-state index contributed by atoms with van der Waals surface area (Å²) in [5, 5.41) is 0.238. The predicted octanol–water partition coefficient (Wildman–Crippen LogP) is 0.0938. The van der Waals surface area contributed by atoms with E-state index in [2.05, 4.69) is 0 Å². The maximum atomic E-state index is 11.2. The number of thioether (sulfide) groups is 1. The van der Waals surface area contributed by atoms with E-state index in [1.54, 1.807) is 11.8 Å². The lowest BCUT2D eigenvalue weighted by molar-refractivity contribution is 0.600. The lowest BCUT2D eigenvalue weighted by Crippen LogP contribution is -2.13. The standard InChI is InChI=1S/C8H14O4S3/c9-14(10)3-1-7(5-14)13-8-2-4-15(11,12)6-8/h7-8H,1-6H2/t7-,8-/m1/s1. The molecule has 2 rings (SSSR count). The molecule has 2 heterocycles. The molecule has 0 unspecified atom stereocenters. The Balaban J connectivity index is 1.90. The Morgan fingerprint density at radius 1 is 0.800 bits per heavy atom. The zero-order valence-electron chi connectivity index (χ0n) is 8.26. The van der Waals surface area contributed by atoms with Gasteiger partial charge in [0.1, 0.15) is 0 Å². The molecule has 4 nitrogen and oxygen atoms in total. The van der Waals surface area contributed by atoms with Crippen molar-refractivity contribution in [3.63, 3.8) is 0 Å². The smallest absolute Gasteiger partial charge is 0.151 e. The van der Waals surface area contributed by atoms with Crippen LogP contribution in [0.5, 0.6) is 0 Å². The van der Waals surface area contributed by atoms with Crippen LogP contribution in [0.15, 0.2) is 0 Å². The molecule has 0 N–H and O–H groups in total. The van der Waals surface area contributed by atoms with Crippen LogP contribution in [0.25, 0.3) is 0 Å². The molecule has 0 aromatic carbocycles. The molecular weight excluding hydrogens is 256 g/mol. The van der Waals surface area contributed by atoms with Crippen molar-refractivity contribution < 1.29 is 16.8 Å². The highest BCUT2D eigenvalue weighted by Crippen LogP contribution is 2.32. The molecule has 88 valence electrons. The summed E-state index contributed by atoms with van der Waals surface area (Å²) in [5.41, 5.74) is 0. The first-order chi connectivity index (χ1) is 6.86. The fourth-order valence-corrected chi connectivity index (χ4v) is 8.32. The minimum absolute atomic E-state index is 0.119. The quantitative estimate of drug-likeness (QED) is 0.711. The molecule has 2 fully saturated rings. The van der Waals surface area contributed by atoms with Crippen LogP contribution in [0.3, 0.4) is 0 Å². The summed E-state index contributed by atoms with van der Waals surface area (Å²) in [5.74, 6) is 0.997. The third-order valence-electron chi connectivity index (χ3n) is 2.77. The van der Waals surface area contributed by atoms with Gasteiger partial charge in [-0.1, -0.05) is 0 Å². The molecule has 0 radical (unpaired) electrons. The normalized spacial score (nSPS) is 38.1. The fourth-order valence-electron chi connectivity index (χ4n) is 2.01. The van der Waals surface area contributed by atoms with Crippen molar-refractivity contribution in [3.05, 3.63) is 0 Å². The van der Waals surface area contributed by atoms with Crippen LogP contribution in [-0.4, -0.2) is 50.3 Å². The van der Waals surface area contributed by atoms with Crippen LogP contribution in [0.2, 0.25) is 0 Å². The maximum Gasteiger partial charge on any atom is 0.151 e. The Kier molecular flexibility index (Phi) is 3.07. The van der Waals surface area contributed by atoms with Gasteiger partial charge in [-0.25, -0.2) is 16.8 Å². The van der Waals surface area contributed by atoms with Gasteiger partial charge in [-0.2, -0.15) is 11.8 Å². The Bertz CT molecular complexity index is 395. The second-order valence-electron chi connectivity index (χ2n) is 4.19. The molecule has 2 saturated heterocycles. The van der Waals surface area contributed by atoms with Gasteiger partial charge in [-0.3, -0.25) is 0 Å². The van der Waals surface area contributed by atoms with E-state index in [-0.39, 0.29) is 33.5 Å². The molecule has 2 aliphatic heterocycles. The molecule has 0 spiro atoms. The van der Waals surface area contributed by atoms with E-state index in [0.717, 1.165) is 0 Å². The van der Waals surface area contributed by atoms with Gasteiger partial charge in [-0.05, 0) is 12.8 Å². The summed E-state index contributed by atoms with van der Waals surface area (Å²) >= 11 is 1.56. The Labute approximate surface area is 94.7 Å². The van der Waals surface area contributed by atoms with Gasteiger partial charge in [0.2, 0.25) is 0 Å². The second kappa shape index (κ2) is 3.92. The summed E-state index contributed by atoms with van der Waals surface area (Å²) in [7, 11) is -5.67. The SMILES string of the molecule is O=S1(=O)CC[C@@H](S[C@@H]2CCS(=O)(=O)C2)C1. The summed E-state index contributed by atoms with van der Waals surface area (Å²) in [6.07, 6.45) is 1.37. The molecule has 0 aliphatic carbocycles. The third-order valence-corrected chi connectivity index (χ3v) is 8.30. The highest BCUT2D eigenvalue weighted by molar-refractivity contribution is 8.03. The van der Waals surface area contributed by atoms with Crippen molar-refractivity contribution in [3.8, 4) is 0 Å². The van der Waals surface area contributed by atoms with Gasteiger partial charge in [0.15, 0.2) is 19.7 Å². The molecule has 2 atom stereocenters. The summed E-state index contributed by atoms with van der Waals surface area (Å²) in [6, 6.07) is 0. The van der Waals surface area contributed by atoms with E-state index >= 15 is 0 Å². The van der Waals surface area contributed by atoms with Crippen LogP contribution < -0.4 is 0 Å². The largest absolute Gasteiger partial charge is 0.229 e. The van der Waals surface area contributed by atoms with E-state index in [1.165, 1.54) is 0 Å². The van der Waals surface area contributed by atoms with E-state index in [1.807, 2.05) is 0 Å². The fraction of sp³-hybridized carbons (Fsp3) is 1.00. The average molecular weight is 270 g/mol. The third kappa shape index (κ3) is 3.10. The first-order valence-electron chi connectivity index (χ1n) is 4.93. The van der Waals surface area contributed by atoms with Crippen molar-refractivity contribution in [2.75, 3.05) is 23.0 Å². The van der Waals surface area contributed by atoms with Crippen LogP contribution in [0, 0.1) is 0 Å². The highest BCUT2D eigenvalue weighted by atomic mass is 32.2. The van der Waals surface area contributed by atoms with E-state index in [9.17, 15) is 16.8 Å². The van der Waals surface area contributed by atoms with Crippen molar-refractivity contribution in [2.45, 2.75) is 23.3 Å². The molecule has 7 heteroatoms. The van der Waals surface area contributed by atoms with E-state index in [0.29, 0.717) is 12.8 Å². The first kappa shape index (κ1) is 11.7. The van der Waals surface area contributed by atoms with Crippen LogP contribution in [0.1, 0.15) is 12.8 Å². The van der Waals surface area contributed by atoms with Gasteiger partial charge >= 0.3 is 0 Å². The Hall–Kier alpha value is 0.250. The van der Waals surface area contributed by atoms with Gasteiger partial charge in [0.05, 0.1) is 23.0 Å². The zero-order chi connectivity index (χ0) is 11.1. The highest BCUT2D eigenvalue weighted by Gasteiger charge is 2.34. The van der Waals surface area contributed by atoms with Gasteiger partial charge < -0.3 is 0 Å². The summed E-state index contributed by atoms with van der Waals surface area (Å²) in [6.45, 7) is 0. The number of hydrogen-bond acceptors (Lipinski definition) is 5. The lowest BCUT2D eigenvalue weighted by atomic mass is 10.4. The molecule has 0 aromatic rings. The lowest BCUT2D eigenvalue weighted by Gasteiger charge is -2.12. The summed E-state index contributed by atoms with van der Waals surface area (Å²) in [4.78, 5) is 0. The topological polar surface area (TPSA) is 68.3 Å². The van der Waals surface area contributed by atoms with Gasteiger partial charge in [0.25, 0.3) is 0 Å². The van der Waals surface area contributed by atoms with Crippen LogP contribution >= 0.6 is 11.8 Å². The van der Waals surface area contributed by atoms with Crippen molar-refractivity contribution in [1.82, 2.24) is 0 Å². The molecular formula is C8H14O4S3. The van der Waals surface area contributed by atoms with Crippen molar-refractivity contribution in [1.29, 1.82) is 0 Å². The van der Waals surface area contributed by atoms with Gasteiger partial charge in [-0.15, -0.1) is 0 Å². The molecule has 15 heavy (non-hydrogen) atoms. The van der Waals surface area contributed by atoms with Crippen molar-refractivity contribution >= 4 is 31.4 Å². The molecule has 0 aromatic heterocycles. The predicted molar refractivity (Wildman–Crippen MR) is 61.7 cm³/mol. The van der Waals surface area contributed by atoms with E-state index < -0.39 is 19.7 Å². The van der Waals surface area contributed by atoms with Gasteiger partial charge in [0, 0.05) is 10.5 Å². The Morgan fingerprint density at radius 2 is 1.20 bits per heavy atom.